The summed E-state index contributed by atoms with van der Waals surface area (Å²) in [7, 11) is 0. The Morgan fingerprint density at radius 1 is 1.57 bits per heavy atom. The van der Waals surface area contributed by atoms with Gasteiger partial charge in [-0.05, 0) is 32.9 Å². The largest absolute Gasteiger partial charge is 0.369 e. The van der Waals surface area contributed by atoms with E-state index in [-0.39, 0.29) is 0 Å². The molecule has 3 heteroatoms. The lowest BCUT2D eigenvalue weighted by Crippen LogP contribution is -2.30. The normalized spacial score (nSPS) is 9.93. The Balaban J connectivity index is 2.99. The second-order valence-electron chi connectivity index (χ2n) is 3.39. The summed E-state index contributed by atoms with van der Waals surface area (Å²) >= 11 is 0. The van der Waals surface area contributed by atoms with Crippen LogP contribution in [0.2, 0.25) is 0 Å². The third kappa shape index (κ3) is 2.23. The molecule has 1 rings (SSSR count). The second kappa shape index (κ2) is 4.61. The van der Waals surface area contributed by atoms with Crippen LogP contribution in [0, 0.1) is 11.3 Å². The number of anilines is 1. The standard InChI is InChI=1S/C11H15N3/c1-4-14(9(2)3)11-5-6-13-10(7-11)8-12/h5-7,9H,4H2,1-3H3. The zero-order chi connectivity index (χ0) is 10.6. The van der Waals surface area contributed by atoms with Gasteiger partial charge in [-0.3, -0.25) is 0 Å². The summed E-state index contributed by atoms with van der Waals surface area (Å²) in [5.74, 6) is 0. The average Bonchev–Trinajstić information content (AvgIpc) is 2.19. The third-order valence-corrected chi connectivity index (χ3v) is 2.15. The molecule has 0 spiro atoms. The zero-order valence-electron chi connectivity index (χ0n) is 8.86. The minimum absolute atomic E-state index is 0.439. The van der Waals surface area contributed by atoms with Crippen LogP contribution < -0.4 is 4.90 Å². The highest BCUT2D eigenvalue weighted by Gasteiger charge is 2.08. The van der Waals surface area contributed by atoms with Gasteiger partial charge >= 0.3 is 0 Å². The highest BCUT2D eigenvalue weighted by molar-refractivity contribution is 5.49. The molecule has 14 heavy (non-hydrogen) atoms. The molecule has 0 aliphatic heterocycles. The van der Waals surface area contributed by atoms with E-state index in [0.29, 0.717) is 11.7 Å². The molecule has 3 nitrogen and oxygen atoms in total. The molecule has 0 aliphatic rings. The highest BCUT2D eigenvalue weighted by Crippen LogP contribution is 2.16. The van der Waals surface area contributed by atoms with E-state index in [4.69, 9.17) is 5.26 Å². The number of hydrogen-bond acceptors (Lipinski definition) is 3. The van der Waals surface area contributed by atoms with E-state index in [2.05, 4.69) is 30.7 Å². The number of nitriles is 1. The molecule has 0 N–H and O–H groups in total. The predicted molar refractivity (Wildman–Crippen MR) is 57.1 cm³/mol. The number of rotatable bonds is 3. The van der Waals surface area contributed by atoms with Crippen molar-refractivity contribution in [2.24, 2.45) is 0 Å². The first-order valence-electron chi connectivity index (χ1n) is 4.81. The number of hydrogen-bond donors (Lipinski definition) is 0. The van der Waals surface area contributed by atoms with Crippen molar-refractivity contribution in [3.05, 3.63) is 24.0 Å². The van der Waals surface area contributed by atoms with Crippen molar-refractivity contribution in [2.75, 3.05) is 11.4 Å². The molecule has 0 unspecified atom stereocenters. The van der Waals surface area contributed by atoms with Crippen molar-refractivity contribution >= 4 is 5.69 Å². The first kappa shape index (κ1) is 10.5. The summed E-state index contributed by atoms with van der Waals surface area (Å²) < 4.78 is 0. The summed E-state index contributed by atoms with van der Waals surface area (Å²) in [5.41, 5.74) is 1.54. The first-order valence-corrected chi connectivity index (χ1v) is 4.81. The third-order valence-electron chi connectivity index (χ3n) is 2.15. The van der Waals surface area contributed by atoms with Gasteiger partial charge in [0.2, 0.25) is 0 Å². The molecule has 74 valence electrons. The van der Waals surface area contributed by atoms with E-state index in [1.165, 1.54) is 0 Å². The molecular weight excluding hydrogens is 174 g/mol. The first-order chi connectivity index (χ1) is 6.69. The van der Waals surface area contributed by atoms with E-state index in [1.807, 2.05) is 18.2 Å². The fourth-order valence-electron chi connectivity index (χ4n) is 1.51. The lowest BCUT2D eigenvalue weighted by Gasteiger charge is -2.27. The minimum Gasteiger partial charge on any atom is -0.369 e. The van der Waals surface area contributed by atoms with Gasteiger partial charge < -0.3 is 4.90 Å². The molecule has 0 aromatic carbocycles. The summed E-state index contributed by atoms with van der Waals surface area (Å²) in [5, 5.41) is 8.72. The Morgan fingerprint density at radius 2 is 2.29 bits per heavy atom. The smallest absolute Gasteiger partial charge is 0.142 e. The van der Waals surface area contributed by atoms with E-state index in [0.717, 1.165) is 12.2 Å². The zero-order valence-corrected chi connectivity index (χ0v) is 8.86. The predicted octanol–water partition coefficient (Wildman–Crippen LogP) is 2.19. The molecule has 0 saturated heterocycles. The van der Waals surface area contributed by atoms with E-state index >= 15 is 0 Å². The Hall–Kier alpha value is -1.56. The Morgan fingerprint density at radius 3 is 2.79 bits per heavy atom. The van der Waals surface area contributed by atoms with Gasteiger partial charge in [0.05, 0.1) is 0 Å². The van der Waals surface area contributed by atoms with Crippen LogP contribution >= 0.6 is 0 Å². The van der Waals surface area contributed by atoms with Gasteiger partial charge in [-0.2, -0.15) is 5.26 Å². The van der Waals surface area contributed by atoms with Crippen molar-refractivity contribution in [3.8, 4) is 6.07 Å². The molecule has 0 fully saturated rings. The van der Waals surface area contributed by atoms with Gasteiger partial charge in [0.15, 0.2) is 0 Å². The summed E-state index contributed by atoms with van der Waals surface area (Å²) in [4.78, 5) is 6.17. The average molecular weight is 189 g/mol. The van der Waals surface area contributed by atoms with Crippen LogP contribution in [0.4, 0.5) is 5.69 Å². The van der Waals surface area contributed by atoms with Crippen molar-refractivity contribution in [3.63, 3.8) is 0 Å². The van der Waals surface area contributed by atoms with Crippen LogP contribution in [0.15, 0.2) is 18.3 Å². The van der Waals surface area contributed by atoms with Crippen LogP contribution in [0.3, 0.4) is 0 Å². The Kier molecular flexibility index (Phi) is 3.47. The van der Waals surface area contributed by atoms with Gasteiger partial charge in [-0.1, -0.05) is 0 Å². The maximum atomic E-state index is 8.72. The molecule has 0 bridgehead atoms. The van der Waals surface area contributed by atoms with Gasteiger partial charge in [0.1, 0.15) is 11.8 Å². The van der Waals surface area contributed by atoms with Crippen LogP contribution in [0.25, 0.3) is 0 Å². The molecular formula is C11H15N3. The summed E-state index contributed by atoms with van der Waals surface area (Å²) in [6, 6.07) is 6.24. The lowest BCUT2D eigenvalue weighted by molar-refractivity contribution is 0.703. The van der Waals surface area contributed by atoms with E-state index < -0.39 is 0 Å². The van der Waals surface area contributed by atoms with Crippen LogP contribution in [-0.2, 0) is 0 Å². The van der Waals surface area contributed by atoms with Gasteiger partial charge in [0, 0.05) is 24.5 Å². The second-order valence-corrected chi connectivity index (χ2v) is 3.39. The van der Waals surface area contributed by atoms with Crippen LogP contribution in [-0.4, -0.2) is 17.6 Å². The van der Waals surface area contributed by atoms with Gasteiger partial charge in [-0.25, -0.2) is 4.98 Å². The fraction of sp³-hybridized carbons (Fsp3) is 0.455. The molecule has 0 saturated carbocycles. The molecule has 0 radical (unpaired) electrons. The van der Waals surface area contributed by atoms with Gasteiger partial charge in [0.25, 0.3) is 0 Å². The van der Waals surface area contributed by atoms with E-state index in [9.17, 15) is 0 Å². The van der Waals surface area contributed by atoms with Crippen LogP contribution in [0.5, 0.6) is 0 Å². The lowest BCUT2D eigenvalue weighted by atomic mass is 10.2. The maximum absolute atomic E-state index is 8.72. The maximum Gasteiger partial charge on any atom is 0.142 e. The number of nitrogens with zero attached hydrogens (tertiary/aromatic N) is 3. The molecule has 1 heterocycles. The molecule has 0 atom stereocenters. The summed E-state index contributed by atoms with van der Waals surface area (Å²) in [6.07, 6.45) is 1.68. The van der Waals surface area contributed by atoms with Crippen molar-refractivity contribution in [2.45, 2.75) is 26.8 Å². The van der Waals surface area contributed by atoms with Gasteiger partial charge in [-0.15, -0.1) is 0 Å². The van der Waals surface area contributed by atoms with Crippen molar-refractivity contribution < 1.29 is 0 Å². The number of aromatic nitrogens is 1. The van der Waals surface area contributed by atoms with E-state index in [1.54, 1.807) is 6.20 Å². The fourth-order valence-corrected chi connectivity index (χ4v) is 1.51. The Labute approximate surface area is 85.0 Å². The summed E-state index contributed by atoms with van der Waals surface area (Å²) in [6.45, 7) is 7.31. The number of pyridine rings is 1. The quantitative estimate of drug-likeness (QED) is 0.731. The highest BCUT2D eigenvalue weighted by atomic mass is 15.1. The molecule has 0 amide bonds. The monoisotopic (exact) mass is 189 g/mol. The van der Waals surface area contributed by atoms with Crippen molar-refractivity contribution in [1.29, 1.82) is 5.26 Å². The molecule has 1 aromatic rings. The van der Waals surface area contributed by atoms with Crippen LogP contribution in [0.1, 0.15) is 26.5 Å². The Bertz CT molecular complexity index is 339. The molecule has 0 aliphatic carbocycles. The SMILES string of the molecule is CCN(c1ccnc(C#N)c1)C(C)C. The minimum atomic E-state index is 0.439. The topological polar surface area (TPSA) is 39.9 Å². The van der Waals surface area contributed by atoms with Crippen molar-refractivity contribution in [1.82, 2.24) is 4.98 Å². The molecule has 1 aromatic heterocycles.